The summed E-state index contributed by atoms with van der Waals surface area (Å²) in [5, 5.41) is 14.5. The van der Waals surface area contributed by atoms with Crippen molar-refractivity contribution in [1.29, 1.82) is 5.26 Å². The molecule has 0 saturated heterocycles. The largest absolute Gasteiger partial charge is 0.269 e. The van der Waals surface area contributed by atoms with E-state index in [0.29, 0.717) is 12.0 Å². The lowest BCUT2D eigenvalue weighted by Crippen LogP contribution is -2.28. The van der Waals surface area contributed by atoms with Crippen molar-refractivity contribution in [2.24, 2.45) is 17.3 Å². The second-order valence-electron chi connectivity index (χ2n) is 6.78. The van der Waals surface area contributed by atoms with Crippen LogP contribution in [0.15, 0.2) is 12.3 Å². The molecular formula is C17H25N3. The van der Waals surface area contributed by atoms with Crippen molar-refractivity contribution in [3.63, 3.8) is 0 Å². The fourth-order valence-corrected chi connectivity index (χ4v) is 4.50. The lowest BCUT2D eigenvalue weighted by Gasteiger charge is -2.30. The maximum atomic E-state index is 9.72. The molecule has 1 heterocycles. The molecule has 3 rings (SSSR count). The SMILES string of the molecule is CCC(CC)n1ccc(CC2(C#N)CC3CCC2C3)n1. The summed E-state index contributed by atoms with van der Waals surface area (Å²) < 4.78 is 2.10. The summed E-state index contributed by atoms with van der Waals surface area (Å²) in [6.45, 7) is 4.42. The van der Waals surface area contributed by atoms with Crippen molar-refractivity contribution in [1.82, 2.24) is 9.78 Å². The van der Waals surface area contributed by atoms with Gasteiger partial charge in [0.15, 0.2) is 0 Å². The zero-order valence-electron chi connectivity index (χ0n) is 12.7. The smallest absolute Gasteiger partial charge is 0.0696 e. The molecule has 2 aliphatic rings. The highest BCUT2D eigenvalue weighted by molar-refractivity contribution is 5.17. The Morgan fingerprint density at radius 3 is 2.80 bits per heavy atom. The Labute approximate surface area is 122 Å². The number of hydrogen-bond acceptors (Lipinski definition) is 2. The number of nitriles is 1. The van der Waals surface area contributed by atoms with Crippen LogP contribution in [0.25, 0.3) is 0 Å². The summed E-state index contributed by atoms with van der Waals surface area (Å²) in [4.78, 5) is 0. The van der Waals surface area contributed by atoms with Gasteiger partial charge in [0, 0.05) is 12.6 Å². The van der Waals surface area contributed by atoms with E-state index in [1.165, 1.54) is 19.3 Å². The monoisotopic (exact) mass is 271 g/mol. The van der Waals surface area contributed by atoms with Crippen molar-refractivity contribution in [2.75, 3.05) is 0 Å². The molecule has 3 atom stereocenters. The highest BCUT2D eigenvalue weighted by Gasteiger charge is 2.51. The van der Waals surface area contributed by atoms with Crippen LogP contribution in [0.4, 0.5) is 0 Å². The second-order valence-corrected chi connectivity index (χ2v) is 6.78. The maximum absolute atomic E-state index is 9.72. The van der Waals surface area contributed by atoms with Gasteiger partial charge in [-0.2, -0.15) is 10.4 Å². The first kappa shape index (κ1) is 13.7. The number of nitrogens with zero attached hydrogens (tertiary/aromatic N) is 3. The van der Waals surface area contributed by atoms with Gasteiger partial charge in [-0.25, -0.2) is 0 Å². The lowest BCUT2D eigenvalue weighted by molar-refractivity contribution is 0.236. The van der Waals surface area contributed by atoms with Crippen molar-refractivity contribution in [2.45, 2.75) is 64.8 Å². The molecule has 3 nitrogen and oxygen atoms in total. The molecule has 2 saturated carbocycles. The third kappa shape index (κ3) is 2.16. The zero-order valence-corrected chi connectivity index (χ0v) is 12.7. The van der Waals surface area contributed by atoms with Gasteiger partial charge in [0.05, 0.1) is 23.2 Å². The predicted molar refractivity (Wildman–Crippen MR) is 79.0 cm³/mol. The van der Waals surface area contributed by atoms with Crippen LogP contribution in [0.3, 0.4) is 0 Å². The minimum atomic E-state index is -0.115. The zero-order chi connectivity index (χ0) is 14.2. The van der Waals surface area contributed by atoms with E-state index in [-0.39, 0.29) is 5.41 Å². The summed E-state index contributed by atoms with van der Waals surface area (Å²) in [6, 6.07) is 5.30. The molecule has 0 radical (unpaired) electrons. The van der Waals surface area contributed by atoms with Gasteiger partial charge in [-0.15, -0.1) is 0 Å². The number of aromatic nitrogens is 2. The Kier molecular flexibility index (Phi) is 3.58. The Bertz CT molecular complexity index is 509. The van der Waals surface area contributed by atoms with E-state index in [2.05, 4.69) is 36.9 Å². The highest BCUT2D eigenvalue weighted by Crippen LogP contribution is 2.56. The number of hydrogen-bond donors (Lipinski definition) is 0. The third-order valence-corrected chi connectivity index (χ3v) is 5.68. The van der Waals surface area contributed by atoms with E-state index >= 15 is 0 Å². The fourth-order valence-electron chi connectivity index (χ4n) is 4.50. The second kappa shape index (κ2) is 5.24. The average molecular weight is 271 g/mol. The molecule has 2 aliphatic carbocycles. The van der Waals surface area contributed by atoms with Gasteiger partial charge in [-0.1, -0.05) is 20.3 Å². The molecular weight excluding hydrogens is 246 g/mol. The average Bonchev–Trinajstić information content (AvgIpc) is 3.16. The standard InChI is InChI=1S/C17H25N3/c1-3-16(4-2)20-8-7-15(19-20)11-17(12-18)10-13-5-6-14(17)9-13/h7-8,13-14,16H,3-6,9-11H2,1-2H3. The molecule has 3 unspecified atom stereocenters. The van der Waals surface area contributed by atoms with Gasteiger partial charge >= 0.3 is 0 Å². The summed E-state index contributed by atoms with van der Waals surface area (Å²) >= 11 is 0. The van der Waals surface area contributed by atoms with Crippen LogP contribution >= 0.6 is 0 Å². The molecule has 0 aliphatic heterocycles. The van der Waals surface area contributed by atoms with Crippen molar-refractivity contribution >= 4 is 0 Å². The van der Waals surface area contributed by atoms with E-state index in [0.717, 1.165) is 37.3 Å². The van der Waals surface area contributed by atoms with E-state index in [1.54, 1.807) is 0 Å². The number of fused-ring (bicyclic) bond motifs is 2. The molecule has 0 aromatic carbocycles. The van der Waals surface area contributed by atoms with Gasteiger partial charge in [0.1, 0.15) is 0 Å². The van der Waals surface area contributed by atoms with Gasteiger partial charge in [0.25, 0.3) is 0 Å². The van der Waals surface area contributed by atoms with Crippen LogP contribution in [-0.4, -0.2) is 9.78 Å². The molecule has 2 fully saturated rings. The Morgan fingerprint density at radius 1 is 1.45 bits per heavy atom. The molecule has 3 heteroatoms. The van der Waals surface area contributed by atoms with Crippen molar-refractivity contribution in [3.05, 3.63) is 18.0 Å². The van der Waals surface area contributed by atoms with Crippen LogP contribution in [0.5, 0.6) is 0 Å². The molecule has 0 spiro atoms. The molecule has 2 bridgehead atoms. The van der Waals surface area contributed by atoms with Crippen molar-refractivity contribution < 1.29 is 0 Å². The Morgan fingerprint density at radius 2 is 2.25 bits per heavy atom. The Balaban J connectivity index is 1.76. The number of rotatable bonds is 5. The first-order chi connectivity index (χ1) is 9.70. The first-order valence-corrected chi connectivity index (χ1v) is 8.16. The highest BCUT2D eigenvalue weighted by atomic mass is 15.3. The summed E-state index contributed by atoms with van der Waals surface area (Å²) in [7, 11) is 0. The van der Waals surface area contributed by atoms with Crippen LogP contribution in [0.1, 0.15) is 64.1 Å². The topological polar surface area (TPSA) is 41.6 Å². The van der Waals surface area contributed by atoms with Gasteiger partial charge in [-0.3, -0.25) is 4.68 Å². The van der Waals surface area contributed by atoms with Crippen LogP contribution in [-0.2, 0) is 6.42 Å². The van der Waals surface area contributed by atoms with Crippen LogP contribution < -0.4 is 0 Å². The van der Waals surface area contributed by atoms with Gasteiger partial charge < -0.3 is 0 Å². The molecule has 1 aromatic rings. The molecule has 20 heavy (non-hydrogen) atoms. The Hall–Kier alpha value is -1.30. The lowest BCUT2D eigenvalue weighted by atomic mass is 9.71. The van der Waals surface area contributed by atoms with Gasteiger partial charge in [0.2, 0.25) is 0 Å². The summed E-state index contributed by atoms with van der Waals surface area (Å²) in [6.07, 6.45) is 10.2. The van der Waals surface area contributed by atoms with E-state index in [4.69, 9.17) is 5.10 Å². The van der Waals surface area contributed by atoms with Crippen LogP contribution in [0, 0.1) is 28.6 Å². The predicted octanol–water partition coefficient (Wildman–Crippen LogP) is 4.12. The summed E-state index contributed by atoms with van der Waals surface area (Å²) in [5.41, 5.74) is 1.00. The minimum Gasteiger partial charge on any atom is -0.269 e. The third-order valence-electron chi connectivity index (χ3n) is 5.68. The maximum Gasteiger partial charge on any atom is 0.0696 e. The minimum absolute atomic E-state index is 0.115. The van der Waals surface area contributed by atoms with Crippen LogP contribution in [0.2, 0.25) is 0 Å². The normalized spacial score (nSPS) is 31.9. The molecule has 1 aromatic heterocycles. The quantitative estimate of drug-likeness (QED) is 0.808. The van der Waals surface area contributed by atoms with E-state index < -0.39 is 0 Å². The van der Waals surface area contributed by atoms with Gasteiger partial charge in [-0.05, 0) is 50.0 Å². The molecule has 108 valence electrons. The van der Waals surface area contributed by atoms with E-state index in [1.807, 2.05) is 0 Å². The fraction of sp³-hybridized carbons (Fsp3) is 0.765. The van der Waals surface area contributed by atoms with Crippen molar-refractivity contribution in [3.8, 4) is 6.07 Å². The molecule has 0 N–H and O–H groups in total. The van der Waals surface area contributed by atoms with E-state index in [9.17, 15) is 5.26 Å². The first-order valence-electron chi connectivity index (χ1n) is 8.16. The summed E-state index contributed by atoms with van der Waals surface area (Å²) in [5.74, 6) is 1.43. The molecule has 0 amide bonds.